The maximum Gasteiger partial charge on any atom is 0.0509 e. The Balaban J connectivity index is 1.86. The lowest BCUT2D eigenvalue weighted by molar-refractivity contribution is -0.00903. The fourth-order valence-corrected chi connectivity index (χ4v) is 3.00. The second-order valence-electron chi connectivity index (χ2n) is 4.86. The topological polar surface area (TPSA) is 38.5 Å². The molecule has 2 aliphatic rings. The van der Waals surface area contributed by atoms with E-state index in [1.165, 1.54) is 38.8 Å². The van der Waals surface area contributed by atoms with E-state index < -0.39 is 0 Å². The molecule has 2 rings (SSSR count). The highest BCUT2D eigenvalue weighted by molar-refractivity contribution is 4.84. The third kappa shape index (κ3) is 2.92. The summed E-state index contributed by atoms with van der Waals surface area (Å²) in [6.45, 7) is 5.36. The fraction of sp³-hybridized carbons (Fsp3) is 1.00. The van der Waals surface area contributed by atoms with Gasteiger partial charge in [0.2, 0.25) is 0 Å². The summed E-state index contributed by atoms with van der Waals surface area (Å²) in [6, 6.07) is 0.785. The van der Waals surface area contributed by atoms with Gasteiger partial charge in [-0.1, -0.05) is 0 Å². The van der Waals surface area contributed by atoms with Crippen molar-refractivity contribution in [1.82, 2.24) is 4.90 Å². The van der Waals surface area contributed by atoms with Crippen LogP contribution in [0.1, 0.15) is 32.1 Å². The van der Waals surface area contributed by atoms with E-state index in [2.05, 4.69) is 4.90 Å². The molecule has 3 heteroatoms. The Morgan fingerprint density at radius 2 is 2.07 bits per heavy atom. The van der Waals surface area contributed by atoms with Gasteiger partial charge in [-0.3, -0.25) is 4.90 Å². The summed E-state index contributed by atoms with van der Waals surface area (Å²) in [5.41, 5.74) is 5.59. The van der Waals surface area contributed by atoms with Gasteiger partial charge in [0.25, 0.3) is 0 Å². The highest BCUT2D eigenvalue weighted by atomic mass is 16.5. The lowest BCUT2D eigenvalue weighted by atomic mass is 9.90. The Morgan fingerprint density at radius 1 is 1.27 bits per heavy atom. The zero-order valence-corrected chi connectivity index (χ0v) is 9.66. The van der Waals surface area contributed by atoms with Gasteiger partial charge in [-0.25, -0.2) is 0 Å². The molecule has 0 saturated carbocycles. The summed E-state index contributed by atoms with van der Waals surface area (Å²) in [5.74, 6) is 0.736. The van der Waals surface area contributed by atoms with Crippen molar-refractivity contribution in [3.8, 4) is 0 Å². The van der Waals surface area contributed by atoms with Gasteiger partial charge in [0.05, 0.1) is 6.61 Å². The molecule has 0 spiro atoms. The summed E-state index contributed by atoms with van der Waals surface area (Å²) in [7, 11) is 0. The van der Waals surface area contributed by atoms with E-state index >= 15 is 0 Å². The first-order chi connectivity index (χ1) is 7.42. The first-order valence-electron chi connectivity index (χ1n) is 6.43. The van der Waals surface area contributed by atoms with Crippen LogP contribution in [0.25, 0.3) is 0 Å². The summed E-state index contributed by atoms with van der Waals surface area (Å²) >= 11 is 0. The average Bonchev–Trinajstić information content (AvgIpc) is 2.80. The summed E-state index contributed by atoms with van der Waals surface area (Å²) < 4.78 is 5.60. The van der Waals surface area contributed by atoms with Crippen molar-refractivity contribution in [2.45, 2.75) is 38.1 Å². The standard InChI is InChI=1S/C12H24N2O/c13-6-3-4-11-10-15-9-5-12(11)14-7-1-2-8-14/h11-12H,1-10,13H2. The van der Waals surface area contributed by atoms with E-state index in [0.29, 0.717) is 0 Å². The van der Waals surface area contributed by atoms with Crippen molar-refractivity contribution in [2.24, 2.45) is 11.7 Å². The normalized spacial score (nSPS) is 33.4. The van der Waals surface area contributed by atoms with Crippen molar-refractivity contribution < 1.29 is 4.74 Å². The molecule has 2 saturated heterocycles. The van der Waals surface area contributed by atoms with Crippen molar-refractivity contribution in [3.63, 3.8) is 0 Å². The largest absolute Gasteiger partial charge is 0.381 e. The number of hydrogen-bond donors (Lipinski definition) is 1. The van der Waals surface area contributed by atoms with Crippen LogP contribution >= 0.6 is 0 Å². The van der Waals surface area contributed by atoms with Gasteiger partial charge in [0, 0.05) is 12.6 Å². The molecule has 2 unspecified atom stereocenters. The van der Waals surface area contributed by atoms with E-state index in [1.807, 2.05) is 0 Å². The number of nitrogens with zero attached hydrogens (tertiary/aromatic N) is 1. The highest BCUT2D eigenvalue weighted by Gasteiger charge is 2.31. The molecule has 2 fully saturated rings. The highest BCUT2D eigenvalue weighted by Crippen LogP contribution is 2.27. The van der Waals surface area contributed by atoms with E-state index in [1.54, 1.807) is 0 Å². The van der Waals surface area contributed by atoms with Crippen LogP contribution in [0.3, 0.4) is 0 Å². The number of likely N-dealkylation sites (tertiary alicyclic amines) is 1. The average molecular weight is 212 g/mol. The molecule has 0 aromatic carbocycles. The summed E-state index contributed by atoms with van der Waals surface area (Å²) in [6.07, 6.45) is 6.41. The predicted octanol–water partition coefficient (Wildman–Crippen LogP) is 1.23. The molecule has 0 amide bonds. The van der Waals surface area contributed by atoms with Crippen LogP contribution in [0, 0.1) is 5.92 Å². The predicted molar refractivity (Wildman–Crippen MR) is 61.8 cm³/mol. The smallest absolute Gasteiger partial charge is 0.0509 e. The molecule has 0 aliphatic carbocycles. The van der Waals surface area contributed by atoms with E-state index in [-0.39, 0.29) is 0 Å². The van der Waals surface area contributed by atoms with Crippen LogP contribution in [0.5, 0.6) is 0 Å². The van der Waals surface area contributed by atoms with Crippen LogP contribution in [-0.4, -0.2) is 43.8 Å². The van der Waals surface area contributed by atoms with E-state index in [4.69, 9.17) is 10.5 Å². The van der Waals surface area contributed by atoms with Crippen molar-refractivity contribution >= 4 is 0 Å². The molecule has 15 heavy (non-hydrogen) atoms. The maximum atomic E-state index is 5.60. The first-order valence-corrected chi connectivity index (χ1v) is 6.43. The van der Waals surface area contributed by atoms with Gasteiger partial charge in [0.15, 0.2) is 0 Å². The summed E-state index contributed by atoms with van der Waals surface area (Å²) in [5, 5.41) is 0. The van der Waals surface area contributed by atoms with Gasteiger partial charge >= 0.3 is 0 Å². The fourth-order valence-electron chi connectivity index (χ4n) is 3.00. The third-order valence-corrected chi connectivity index (χ3v) is 3.82. The number of ether oxygens (including phenoxy) is 1. The minimum Gasteiger partial charge on any atom is -0.381 e. The molecule has 2 atom stereocenters. The zero-order valence-electron chi connectivity index (χ0n) is 9.66. The Bertz CT molecular complexity index is 180. The molecule has 0 bridgehead atoms. The molecule has 2 N–H and O–H groups in total. The van der Waals surface area contributed by atoms with Gasteiger partial charge in [-0.2, -0.15) is 0 Å². The molecule has 2 heterocycles. The second-order valence-corrected chi connectivity index (χ2v) is 4.86. The zero-order chi connectivity index (χ0) is 10.5. The van der Waals surface area contributed by atoms with Gasteiger partial charge in [0.1, 0.15) is 0 Å². The Labute approximate surface area is 93.0 Å². The van der Waals surface area contributed by atoms with Crippen molar-refractivity contribution in [3.05, 3.63) is 0 Å². The van der Waals surface area contributed by atoms with Crippen LogP contribution in [0.2, 0.25) is 0 Å². The van der Waals surface area contributed by atoms with E-state index in [9.17, 15) is 0 Å². The quantitative estimate of drug-likeness (QED) is 0.761. The number of nitrogens with two attached hydrogens (primary N) is 1. The minimum atomic E-state index is 0.736. The molecule has 2 aliphatic heterocycles. The molecule has 3 nitrogen and oxygen atoms in total. The molecular formula is C12H24N2O. The molecule has 88 valence electrons. The van der Waals surface area contributed by atoms with Gasteiger partial charge < -0.3 is 10.5 Å². The minimum absolute atomic E-state index is 0.736. The third-order valence-electron chi connectivity index (χ3n) is 3.82. The SMILES string of the molecule is NCCCC1COCCC1N1CCCC1. The Kier molecular flexibility index (Phi) is 4.42. The van der Waals surface area contributed by atoms with E-state index in [0.717, 1.165) is 38.1 Å². The van der Waals surface area contributed by atoms with Gasteiger partial charge in [-0.05, 0) is 57.7 Å². The molecule has 0 aromatic rings. The van der Waals surface area contributed by atoms with Crippen LogP contribution in [-0.2, 0) is 4.74 Å². The molecule has 0 radical (unpaired) electrons. The maximum absolute atomic E-state index is 5.60. The Hall–Kier alpha value is -0.120. The second kappa shape index (κ2) is 5.83. The molecular weight excluding hydrogens is 188 g/mol. The van der Waals surface area contributed by atoms with Crippen LogP contribution in [0.4, 0.5) is 0 Å². The number of hydrogen-bond acceptors (Lipinski definition) is 3. The van der Waals surface area contributed by atoms with Crippen molar-refractivity contribution in [2.75, 3.05) is 32.8 Å². The van der Waals surface area contributed by atoms with Crippen LogP contribution in [0.15, 0.2) is 0 Å². The van der Waals surface area contributed by atoms with Crippen molar-refractivity contribution in [1.29, 1.82) is 0 Å². The van der Waals surface area contributed by atoms with Crippen LogP contribution < -0.4 is 5.73 Å². The van der Waals surface area contributed by atoms with Gasteiger partial charge in [-0.15, -0.1) is 0 Å². The number of rotatable bonds is 4. The summed E-state index contributed by atoms with van der Waals surface area (Å²) in [4.78, 5) is 2.68. The lowest BCUT2D eigenvalue weighted by Crippen LogP contribution is -2.44. The monoisotopic (exact) mass is 212 g/mol. The molecule has 0 aromatic heterocycles. The Morgan fingerprint density at radius 3 is 2.80 bits per heavy atom. The lowest BCUT2D eigenvalue weighted by Gasteiger charge is -2.37. The first kappa shape index (κ1) is 11.4.